The predicted octanol–water partition coefficient (Wildman–Crippen LogP) is 2.67. The van der Waals surface area contributed by atoms with Crippen LogP contribution in [0.5, 0.6) is 11.5 Å². The maximum Gasteiger partial charge on any atom is 0.330 e. The number of fused-ring (bicyclic) bond motifs is 1. The van der Waals surface area contributed by atoms with E-state index in [-0.39, 0.29) is 31.5 Å². The number of thioether (sulfide) groups is 1. The molecule has 3 amide bonds. The van der Waals surface area contributed by atoms with Gasteiger partial charge in [0.05, 0.1) is 10.6 Å². The highest BCUT2D eigenvalue weighted by Crippen LogP contribution is 2.36. The van der Waals surface area contributed by atoms with Gasteiger partial charge in [-0.2, -0.15) is 0 Å². The standard InChI is InChI=1S/C24H20N4O6S/c1-14-12-26-23(31)28(14)17-5-3-16(4-6-17)21(29)25-8-9-27-22(30)20(35-24(27)32)11-15-2-7-18-19(10-15)34-13-33-18/h2-7,10-12H,8-9,13H2,1H3,(H,25,29)(H,26,31)/b20-11+. The summed E-state index contributed by atoms with van der Waals surface area (Å²) in [6.45, 7) is 2.10. The van der Waals surface area contributed by atoms with E-state index in [2.05, 4.69) is 10.3 Å². The van der Waals surface area contributed by atoms with E-state index in [1.54, 1.807) is 61.7 Å². The molecule has 35 heavy (non-hydrogen) atoms. The molecule has 178 valence electrons. The van der Waals surface area contributed by atoms with Crippen molar-refractivity contribution in [1.29, 1.82) is 0 Å². The first-order valence-corrected chi connectivity index (χ1v) is 11.5. The average molecular weight is 493 g/mol. The van der Waals surface area contributed by atoms with E-state index >= 15 is 0 Å². The van der Waals surface area contributed by atoms with Crippen LogP contribution in [0.1, 0.15) is 21.6 Å². The van der Waals surface area contributed by atoms with E-state index in [0.29, 0.717) is 33.2 Å². The van der Waals surface area contributed by atoms with Crippen LogP contribution in [0.25, 0.3) is 11.8 Å². The normalized spacial score (nSPS) is 15.8. The number of carbonyl (C=O) groups excluding carboxylic acids is 3. The number of hydrogen-bond donors (Lipinski definition) is 2. The molecular weight excluding hydrogens is 472 g/mol. The zero-order chi connectivity index (χ0) is 24.5. The number of rotatable bonds is 6. The topological polar surface area (TPSA) is 123 Å². The zero-order valence-corrected chi connectivity index (χ0v) is 19.4. The van der Waals surface area contributed by atoms with Gasteiger partial charge in [-0.15, -0.1) is 0 Å². The van der Waals surface area contributed by atoms with Gasteiger partial charge in [0.1, 0.15) is 0 Å². The molecule has 3 heterocycles. The molecule has 1 fully saturated rings. The fourth-order valence-corrected chi connectivity index (χ4v) is 4.63. The van der Waals surface area contributed by atoms with Crippen molar-refractivity contribution >= 4 is 34.9 Å². The number of nitrogens with zero attached hydrogens (tertiary/aromatic N) is 2. The van der Waals surface area contributed by atoms with Gasteiger partial charge in [-0.25, -0.2) is 4.79 Å². The second-order valence-electron chi connectivity index (χ2n) is 7.82. The molecule has 0 atom stereocenters. The Morgan fingerprint density at radius 3 is 2.63 bits per heavy atom. The van der Waals surface area contributed by atoms with Crippen molar-refractivity contribution in [3.8, 4) is 17.2 Å². The molecule has 11 heteroatoms. The van der Waals surface area contributed by atoms with Crippen LogP contribution in [0.3, 0.4) is 0 Å². The van der Waals surface area contributed by atoms with Gasteiger partial charge in [0.25, 0.3) is 17.1 Å². The third-order valence-corrected chi connectivity index (χ3v) is 6.44. The molecule has 3 aromatic rings. The molecule has 2 aromatic carbocycles. The number of H-pyrrole nitrogens is 1. The fourth-order valence-electron chi connectivity index (χ4n) is 3.77. The van der Waals surface area contributed by atoms with Crippen molar-refractivity contribution in [2.75, 3.05) is 19.9 Å². The fraction of sp³-hybridized carbons (Fsp3) is 0.167. The molecule has 10 nitrogen and oxygen atoms in total. The molecule has 0 bridgehead atoms. The molecule has 2 aliphatic rings. The number of hydrogen-bond acceptors (Lipinski definition) is 7. The minimum Gasteiger partial charge on any atom is -0.454 e. The number of benzene rings is 2. The summed E-state index contributed by atoms with van der Waals surface area (Å²) in [7, 11) is 0. The highest BCUT2D eigenvalue weighted by Gasteiger charge is 2.34. The Bertz CT molecular complexity index is 1420. The molecule has 0 unspecified atom stereocenters. The van der Waals surface area contributed by atoms with E-state index in [1.165, 1.54) is 4.57 Å². The maximum atomic E-state index is 12.7. The quantitative estimate of drug-likeness (QED) is 0.507. The summed E-state index contributed by atoms with van der Waals surface area (Å²) < 4.78 is 12.1. The van der Waals surface area contributed by atoms with Gasteiger partial charge in [0, 0.05) is 30.5 Å². The van der Waals surface area contributed by atoms with Crippen molar-refractivity contribution in [3.05, 3.63) is 80.9 Å². The second kappa shape index (κ2) is 9.18. The first-order valence-electron chi connectivity index (χ1n) is 10.7. The summed E-state index contributed by atoms with van der Waals surface area (Å²) in [6, 6.07) is 11.8. The largest absolute Gasteiger partial charge is 0.454 e. The number of aromatic nitrogens is 2. The Balaban J connectivity index is 1.18. The van der Waals surface area contributed by atoms with Crippen LogP contribution in [-0.2, 0) is 4.79 Å². The molecule has 0 saturated carbocycles. The van der Waals surface area contributed by atoms with Gasteiger partial charge in [-0.3, -0.25) is 23.9 Å². The van der Waals surface area contributed by atoms with Gasteiger partial charge in [0.2, 0.25) is 6.79 Å². The van der Waals surface area contributed by atoms with Crippen molar-refractivity contribution < 1.29 is 23.9 Å². The maximum absolute atomic E-state index is 12.7. The number of carbonyl (C=O) groups is 3. The number of ether oxygens (including phenoxy) is 2. The third kappa shape index (κ3) is 4.45. The highest BCUT2D eigenvalue weighted by atomic mass is 32.2. The SMILES string of the molecule is Cc1c[nH]c(=O)n1-c1ccc(C(=O)NCCN2C(=O)S/C(=C/c3ccc4c(c3)OCO4)C2=O)cc1. The van der Waals surface area contributed by atoms with Crippen LogP contribution in [-0.4, -0.2) is 51.4 Å². The van der Waals surface area contributed by atoms with Crippen LogP contribution in [0, 0.1) is 6.92 Å². The molecule has 5 rings (SSSR count). The Labute approximate surface area is 203 Å². The Morgan fingerprint density at radius 1 is 1.11 bits per heavy atom. The van der Waals surface area contributed by atoms with Gasteiger partial charge >= 0.3 is 5.69 Å². The molecule has 1 aromatic heterocycles. The van der Waals surface area contributed by atoms with Crippen molar-refractivity contribution in [1.82, 2.24) is 19.8 Å². The van der Waals surface area contributed by atoms with Gasteiger partial charge < -0.3 is 19.8 Å². The smallest absolute Gasteiger partial charge is 0.330 e. The van der Waals surface area contributed by atoms with E-state index < -0.39 is 11.1 Å². The van der Waals surface area contributed by atoms with Crippen LogP contribution in [0.2, 0.25) is 0 Å². The lowest BCUT2D eigenvalue weighted by molar-refractivity contribution is -0.122. The first kappa shape index (κ1) is 22.5. The molecule has 0 spiro atoms. The number of aryl methyl sites for hydroxylation is 1. The Kier molecular flexibility index (Phi) is 5.91. The van der Waals surface area contributed by atoms with Crippen LogP contribution in [0.15, 0.2) is 58.4 Å². The summed E-state index contributed by atoms with van der Waals surface area (Å²) in [5, 5.41) is 2.32. The van der Waals surface area contributed by atoms with E-state index in [9.17, 15) is 19.2 Å². The van der Waals surface area contributed by atoms with E-state index in [0.717, 1.165) is 22.4 Å². The lowest BCUT2D eigenvalue weighted by Crippen LogP contribution is -2.37. The number of aromatic amines is 1. The van der Waals surface area contributed by atoms with Crippen molar-refractivity contribution in [3.63, 3.8) is 0 Å². The summed E-state index contributed by atoms with van der Waals surface area (Å²) in [6.07, 6.45) is 3.24. The molecule has 0 aliphatic carbocycles. The summed E-state index contributed by atoms with van der Waals surface area (Å²) in [4.78, 5) is 53.5. The van der Waals surface area contributed by atoms with E-state index in [4.69, 9.17) is 9.47 Å². The predicted molar refractivity (Wildman–Crippen MR) is 129 cm³/mol. The van der Waals surface area contributed by atoms with Crippen molar-refractivity contribution in [2.45, 2.75) is 6.92 Å². The summed E-state index contributed by atoms with van der Waals surface area (Å²) in [5.74, 6) is 0.458. The van der Waals surface area contributed by atoms with Crippen LogP contribution >= 0.6 is 11.8 Å². The number of imide groups is 1. The second-order valence-corrected chi connectivity index (χ2v) is 8.81. The number of nitrogens with one attached hydrogen (secondary N) is 2. The van der Waals surface area contributed by atoms with Gasteiger partial charge in [-0.1, -0.05) is 6.07 Å². The van der Waals surface area contributed by atoms with Crippen molar-refractivity contribution in [2.24, 2.45) is 0 Å². The number of amides is 3. The van der Waals surface area contributed by atoms with Gasteiger partial charge in [-0.05, 0) is 66.7 Å². The minimum absolute atomic E-state index is 0.0465. The first-order chi connectivity index (χ1) is 16.9. The monoisotopic (exact) mass is 492 g/mol. The molecule has 2 N–H and O–H groups in total. The average Bonchev–Trinajstić information content (AvgIpc) is 3.52. The summed E-state index contributed by atoms with van der Waals surface area (Å²) in [5.41, 5.74) is 2.24. The minimum atomic E-state index is -0.413. The lowest BCUT2D eigenvalue weighted by atomic mass is 10.2. The lowest BCUT2D eigenvalue weighted by Gasteiger charge is -2.13. The molecule has 1 saturated heterocycles. The molecule has 0 radical (unpaired) electrons. The van der Waals surface area contributed by atoms with Gasteiger partial charge in [0.15, 0.2) is 11.5 Å². The molecular formula is C24H20N4O6S. The highest BCUT2D eigenvalue weighted by molar-refractivity contribution is 8.18. The van der Waals surface area contributed by atoms with Crippen LogP contribution in [0.4, 0.5) is 4.79 Å². The summed E-state index contributed by atoms with van der Waals surface area (Å²) >= 11 is 0.851. The third-order valence-electron chi connectivity index (χ3n) is 5.54. The van der Waals surface area contributed by atoms with E-state index in [1.807, 2.05) is 0 Å². The molecule has 2 aliphatic heterocycles. The number of imidazole rings is 1. The zero-order valence-electron chi connectivity index (χ0n) is 18.6. The van der Waals surface area contributed by atoms with Crippen LogP contribution < -0.4 is 20.5 Å². The Hall–Kier alpha value is -4.25. The Morgan fingerprint density at radius 2 is 1.89 bits per heavy atom.